The lowest BCUT2D eigenvalue weighted by Gasteiger charge is -2.27. The lowest BCUT2D eigenvalue weighted by Crippen LogP contribution is -2.30. The number of amides is 1. The molecule has 0 spiro atoms. The lowest BCUT2D eigenvalue weighted by atomic mass is 9.93. The smallest absolute Gasteiger partial charge is 0.300 e. The van der Waals surface area contributed by atoms with Crippen LogP contribution in [0.25, 0.3) is 5.76 Å². The number of aliphatic hydroxyl groups excluding tert-OH is 1. The molecule has 1 amide bonds. The lowest BCUT2D eigenvalue weighted by molar-refractivity contribution is -0.132. The van der Waals surface area contributed by atoms with Crippen molar-refractivity contribution < 1.29 is 24.2 Å². The molecule has 0 aromatic heterocycles. The topological polar surface area (TPSA) is 76.1 Å². The zero-order valence-electron chi connectivity index (χ0n) is 20.2. The highest BCUT2D eigenvalue weighted by Crippen LogP contribution is 2.45. The van der Waals surface area contributed by atoms with Crippen LogP contribution in [0.15, 0.2) is 60.2 Å². The van der Waals surface area contributed by atoms with E-state index in [1.54, 1.807) is 55.5 Å². The largest absolute Gasteiger partial charge is 0.507 e. The van der Waals surface area contributed by atoms with Gasteiger partial charge in [-0.2, -0.15) is 0 Å². The molecule has 1 aliphatic rings. The molecule has 1 atom stereocenters. The fourth-order valence-corrected chi connectivity index (χ4v) is 4.49. The maximum Gasteiger partial charge on any atom is 0.300 e. The maximum atomic E-state index is 13.4. The molecule has 35 heavy (non-hydrogen) atoms. The Morgan fingerprint density at radius 2 is 1.63 bits per heavy atom. The molecule has 3 aromatic carbocycles. The molecule has 1 heterocycles. The van der Waals surface area contributed by atoms with Crippen molar-refractivity contribution in [1.82, 2.24) is 0 Å². The average Bonchev–Trinajstić information content (AvgIpc) is 3.11. The van der Waals surface area contributed by atoms with E-state index in [9.17, 15) is 14.7 Å². The Morgan fingerprint density at radius 3 is 2.29 bits per heavy atom. The van der Waals surface area contributed by atoms with E-state index in [0.717, 1.165) is 11.1 Å². The molecule has 0 saturated carbocycles. The first-order valence-electron chi connectivity index (χ1n) is 11.0. The summed E-state index contributed by atoms with van der Waals surface area (Å²) in [6.07, 6.45) is 0. The predicted molar refractivity (Wildman–Crippen MR) is 136 cm³/mol. The zero-order valence-corrected chi connectivity index (χ0v) is 20.9. The molecule has 6 nitrogen and oxygen atoms in total. The van der Waals surface area contributed by atoms with E-state index in [1.807, 2.05) is 19.9 Å². The molecule has 1 fully saturated rings. The summed E-state index contributed by atoms with van der Waals surface area (Å²) >= 11 is 6.36. The first-order valence-corrected chi connectivity index (χ1v) is 11.4. The number of halogens is 1. The Labute approximate surface area is 209 Å². The van der Waals surface area contributed by atoms with E-state index >= 15 is 0 Å². The number of aryl methyl sites for hydroxylation is 2. The molecule has 0 bridgehead atoms. The molecule has 7 heteroatoms. The second-order valence-corrected chi connectivity index (χ2v) is 8.87. The van der Waals surface area contributed by atoms with E-state index in [-0.39, 0.29) is 11.3 Å². The highest BCUT2D eigenvalue weighted by molar-refractivity contribution is 6.52. The first-order chi connectivity index (χ1) is 16.7. The molecule has 0 radical (unpaired) electrons. The summed E-state index contributed by atoms with van der Waals surface area (Å²) in [5.41, 5.74) is 4.16. The van der Waals surface area contributed by atoms with Crippen LogP contribution in [-0.2, 0) is 9.59 Å². The molecule has 0 aliphatic carbocycles. The molecule has 1 N–H and O–H groups in total. The molecule has 3 aromatic rings. The van der Waals surface area contributed by atoms with Crippen LogP contribution < -0.4 is 14.4 Å². The van der Waals surface area contributed by atoms with Gasteiger partial charge in [0.25, 0.3) is 11.7 Å². The van der Waals surface area contributed by atoms with Gasteiger partial charge in [0.1, 0.15) is 5.76 Å². The number of anilines is 1. The second kappa shape index (κ2) is 9.47. The van der Waals surface area contributed by atoms with Gasteiger partial charge in [0, 0.05) is 16.3 Å². The van der Waals surface area contributed by atoms with Crippen molar-refractivity contribution in [3.8, 4) is 11.5 Å². The van der Waals surface area contributed by atoms with Crippen LogP contribution in [0.3, 0.4) is 0 Å². The number of Topliss-reactive ketones (excluding diaryl/α,β-unsaturated/α-hetero) is 1. The van der Waals surface area contributed by atoms with Crippen molar-refractivity contribution in [2.45, 2.75) is 26.8 Å². The van der Waals surface area contributed by atoms with Crippen LogP contribution in [0, 0.1) is 20.8 Å². The first kappa shape index (κ1) is 24.4. The number of ether oxygens (including phenoxy) is 2. The van der Waals surface area contributed by atoms with Crippen LogP contribution in [0.5, 0.6) is 11.5 Å². The van der Waals surface area contributed by atoms with Gasteiger partial charge < -0.3 is 14.6 Å². The van der Waals surface area contributed by atoms with Gasteiger partial charge in [-0.05, 0) is 73.4 Å². The fourth-order valence-electron chi connectivity index (χ4n) is 4.32. The van der Waals surface area contributed by atoms with Crippen molar-refractivity contribution in [1.29, 1.82) is 0 Å². The number of aliphatic hydroxyl groups is 1. The summed E-state index contributed by atoms with van der Waals surface area (Å²) in [5, 5.41) is 11.8. The minimum Gasteiger partial charge on any atom is -0.507 e. The van der Waals surface area contributed by atoms with Crippen LogP contribution in [0.2, 0.25) is 5.02 Å². The van der Waals surface area contributed by atoms with Crippen molar-refractivity contribution in [3.05, 3.63) is 93.0 Å². The Bertz CT molecular complexity index is 1380. The third-order valence-corrected chi connectivity index (χ3v) is 6.86. The number of carbonyl (C=O) groups excluding carboxylic acids is 2. The normalized spacial score (nSPS) is 17.1. The van der Waals surface area contributed by atoms with Crippen molar-refractivity contribution in [3.63, 3.8) is 0 Å². The average molecular weight is 492 g/mol. The van der Waals surface area contributed by atoms with Gasteiger partial charge in [-0.25, -0.2) is 0 Å². The highest BCUT2D eigenvalue weighted by Gasteiger charge is 2.47. The predicted octanol–water partition coefficient (Wildman–Crippen LogP) is 5.91. The number of hydrogen-bond donors (Lipinski definition) is 1. The molecule has 180 valence electrons. The Balaban J connectivity index is 2.01. The van der Waals surface area contributed by atoms with E-state index in [0.29, 0.717) is 38.9 Å². The summed E-state index contributed by atoms with van der Waals surface area (Å²) in [5.74, 6) is -0.834. The number of hydrogen-bond acceptors (Lipinski definition) is 5. The summed E-state index contributed by atoms with van der Waals surface area (Å²) in [7, 11) is 3.04. The Kier molecular flexibility index (Phi) is 6.59. The van der Waals surface area contributed by atoms with E-state index in [1.165, 1.54) is 19.1 Å². The molecule has 1 aliphatic heterocycles. The molecular formula is C28H26ClNO5. The number of rotatable bonds is 5. The van der Waals surface area contributed by atoms with Crippen molar-refractivity contribution in [2.75, 3.05) is 19.1 Å². The number of ketones is 1. The van der Waals surface area contributed by atoms with Crippen molar-refractivity contribution >= 4 is 34.7 Å². The molecule has 4 rings (SSSR count). The van der Waals surface area contributed by atoms with Crippen LogP contribution in [-0.4, -0.2) is 31.0 Å². The standard InChI is InChI=1S/C28H26ClNO5/c1-15-9-10-19(13-16(15)2)26(31)24-25(18-11-12-22(34-4)23(14-18)35-5)30(28(33)27(24)32)21-8-6-7-20(29)17(21)3/h6-14,25,31H,1-5H3/b26-24+. The molecule has 1 unspecified atom stereocenters. The minimum absolute atomic E-state index is 0.00940. The van der Waals surface area contributed by atoms with E-state index in [4.69, 9.17) is 21.1 Å². The SMILES string of the molecule is COc1ccc(C2/C(=C(\O)c3ccc(C)c(C)c3)C(=O)C(=O)N2c2cccc(Cl)c2C)cc1OC. The van der Waals surface area contributed by atoms with Gasteiger partial charge >= 0.3 is 0 Å². The fraction of sp³-hybridized carbons (Fsp3) is 0.214. The minimum atomic E-state index is -0.909. The Hall–Kier alpha value is -3.77. The third-order valence-electron chi connectivity index (χ3n) is 6.45. The Morgan fingerprint density at radius 1 is 0.914 bits per heavy atom. The van der Waals surface area contributed by atoms with Gasteiger partial charge in [-0.15, -0.1) is 0 Å². The van der Waals surface area contributed by atoms with Gasteiger partial charge in [-0.3, -0.25) is 14.5 Å². The monoisotopic (exact) mass is 491 g/mol. The highest BCUT2D eigenvalue weighted by atomic mass is 35.5. The third kappa shape index (κ3) is 4.15. The van der Waals surface area contributed by atoms with Gasteiger partial charge in [0.2, 0.25) is 0 Å². The van der Waals surface area contributed by atoms with Gasteiger partial charge in [0.05, 0.1) is 25.8 Å². The van der Waals surface area contributed by atoms with Gasteiger partial charge in [-0.1, -0.05) is 35.9 Å². The zero-order chi connectivity index (χ0) is 25.4. The summed E-state index contributed by atoms with van der Waals surface area (Å²) in [6.45, 7) is 5.67. The number of nitrogens with zero attached hydrogens (tertiary/aromatic N) is 1. The second-order valence-electron chi connectivity index (χ2n) is 8.47. The summed E-state index contributed by atoms with van der Waals surface area (Å²) in [6, 6.07) is 14.8. The number of methoxy groups -OCH3 is 2. The van der Waals surface area contributed by atoms with E-state index < -0.39 is 17.7 Å². The summed E-state index contributed by atoms with van der Waals surface area (Å²) < 4.78 is 10.8. The quantitative estimate of drug-likeness (QED) is 0.273. The van der Waals surface area contributed by atoms with Crippen LogP contribution in [0.4, 0.5) is 5.69 Å². The maximum absolute atomic E-state index is 13.4. The van der Waals surface area contributed by atoms with Crippen LogP contribution in [0.1, 0.15) is 33.9 Å². The number of benzene rings is 3. The molecular weight excluding hydrogens is 466 g/mol. The summed E-state index contributed by atoms with van der Waals surface area (Å²) in [4.78, 5) is 28.2. The van der Waals surface area contributed by atoms with E-state index in [2.05, 4.69) is 0 Å². The van der Waals surface area contributed by atoms with Gasteiger partial charge in [0.15, 0.2) is 11.5 Å². The van der Waals surface area contributed by atoms with Crippen LogP contribution >= 0.6 is 11.6 Å². The van der Waals surface area contributed by atoms with Crippen molar-refractivity contribution in [2.24, 2.45) is 0 Å². The molecule has 1 saturated heterocycles. The number of carbonyl (C=O) groups is 2.